The first kappa shape index (κ1) is 17.2. The van der Waals surface area contributed by atoms with Gasteiger partial charge in [0, 0.05) is 17.8 Å². The van der Waals surface area contributed by atoms with Crippen molar-refractivity contribution in [2.24, 2.45) is 0 Å². The molecule has 1 atom stereocenters. The highest BCUT2D eigenvalue weighted by Crippen LogP contribution is 2.20. The first-order valence-corrected chi connectivity index (χ1v) is 8.37. The monoisotopic (exact) mass is 280 g/mol. The molecule has 0 aliphatic carbocycles. The molecule has 3 heteroatoms. The predicted molar refractivity (Wildman–Crippen MR) is 84.8 cm³/mol. The molecule has 0 amide bonds. The van der Waals surface area contributed by atoms with Gasteiger partial charge in [0.05, 0.1) is 12.3 Å². The van der Waals surface area contributed by atoms with Crippen LogP contribution in [0.2, 0.25) is 0 Å². The van der Waals surface area contributed by atoms with E-state index < -0.39 is 0 Å². The first-order valence-electron chi connectivity index (χ1n) is 8.37. The number of aliphatic hydroxyl groups excluding tert-OH is 1. The third-order valence-corrected chi connectivity index (χ3v) is 3.87. The molecular formula is C17H32N2O. The molecule has 0 radical (unpaired) electrons. The average molecular weight is 280 g/mol. The van der Waals surface area contributed by atoms with E-state index in [1.165, 1.54) is 44.9 Å². The molecule has 0 fully saturated rings. The molecule has 0 aliphatic rings. The number of hydrogen-bond donors (Lipinski definition) is 1. The SMILES string of the molecule is CCCCCCCCCCC(O)c1cnn(C(C)C)c1. The Morgan fingerprint density at radius 3 is 2.20 bits per heavy atom. The van der Waals surface area contributed by atoms with Crippen molar-refractivity contribution in [1.29, 1.82) is 0 Å². The number of hydrogen-bond acceptors (Lipinski definition) is 2. The molecule has 1 heterocycles. The minimum atomic E-state index is -0.345. The molecule has 0 aromatic carbocycles. The van der Waals surface area contributed by atoms with Crippen molar-refractivity contribution in [2.45, 2.75) is 90.7 Å². The van der Waals surface area contributed by atoms with E-state index in [-0.39, 0.29) is 6.10 Å². The number of nitrogens with zero attached hydrogens (tertiary/aromatic N) is 2. The van der Waals surface area contributed by atoms with Crippen LogP contribution in [0.25, 0.3) is 0 Å². The van der Waals surface area contributed by atoms with Gasteiger partial charge >= 0.3 is 0 Å². The van der Waals surface area contributed by atoms with Crippen LogP contribution >= 0.6 is 0 Å². The van der Waals surface area contributed by atoms with Crippen molar-refractivity contribution in [2.75, 3.05) is 0 Å². The molecule has 1 aromatic rings. The van der Waals surface area contributed by atoms with E-state index >= 15 is 0 Å². The van der Waals surface area contributed by atoms with Crippen LogP contribution in [0.15, 0.2) is 12.4 Å². The minimum Gasteiger partial charge on any atom is -0.388 e. The maximum absolute atomic E-state index is 10.1. The van der Waals surface area contributed by atoms with Crippen LogP contribution in [0, 0.1) is 0 Å². The van der Waals surface area contributed by atoms with Crippen LogP contribution in [0.1, 0.15) is 96.3 Å². The van der Waals surface area contributed by atoms with Crippen LogP contribution in [0.5, 0.6) is 0 Å². The summed E-state index contributed by atoms with van der Waals surface area (Å²) in [4.78, 5) is 0. The molecule has 0 bridgehead atoms. The number of aliphatic hydroxyl groups is 1. The van der Waals surface area contributed by atoms with E-state index in [1.807, 2.05) is 10.9 Å². The topological polar surface area (TPSA) is 38.1 Å². The van der Waals surface area contributed by atoms with Gasteiger partial charge in [-0.2, -0.15) is 5.10 Å². The lowest BCUT2D eigenvalue weighted by Gasteiger charge is -2.08. The predicted octanol–water partition coefficient (Wildman–Crippen LogP) is 5.03. The van der Waals surface area contributed by atoms with Gasteiger partial charge in [0.15, 0.2) is 0 Å². The zero-order valence-corrected chi connectivity index (χ0v) is 13.5. The van der Waals surface area contributed by atoms with Crippen LogP contribution in [0.4, 0.5) is 0 Å². The van der Waals surface area contributed by atoms with E-state index in [1.54, 1.807) is 6.20 Å². The second kappa shape index (κ2) is 9.98. The second-order valence-electron chi connectivity index (χ2n) is 6.13. The summed E-state index contributed by atoms with van der Waals surface area (Å²) in [5, 5.41) is 14.4. The normalized spacial score (nSPS) is 13.1. The summed E-state index contributed by atoms with van der Waals surface area (Å²) in [6, 6.07) is 0.360. The second-order valence-corrected chi connectivity index (χ2v) is 6.13. The Labute approximate surface area is 124 Å². The molecular weight excluding hydrogens is 248 g/mol. The van der Waals surface area contributed by atoms with E-state index in [0.29, 0.717) is 6.04 Å². The molecule has 1 unspecified atom stereocenters. The van der Waals surface area contributed by atoms with Gasteiger partial charge in [0.25, 0.3) is 0 Å². The molecule has 0 saturated carbocycles. The van der Waals surface area contributed by atoms with Crippen LogP contribution in [-0.4, -0.2) is 14.9 Å². The lowest BCUT2D eigenvalue weighted by atomic mass is 10.0. The van der Waals surface area contributed by atoms with E-state index in [4.69, 9.17) is 0 Å². The zero-order chi connectivity index (χ0) is 14.8. The molecule has 1 aromatic heterocycles. The highest BCUT2D eigenvalue weighted by atomic mass is 16.3. The van der Waals surface area contributed by atoms with Gasteiger partial charge in [-0.3, -0.25) is 4.68 Å². The number of aromatic nitrogens is 2. The fraction of sp³-hybridized carbons (Fsp3) is 0.824. The molecule has 20 heavy (non-hydrogen) atoms. The third-order valence-electron chi connectivity index (χ3n) is 3.87. The van der Waals surface area contributed by atoms with E-state index in [2.05, 4.69) is 25.9 Å². The van der Waals surface area contributed by atoms with Gasteiger partial charge in [0.1, 0.15) is 0 Å². The Morgan fingerprint density at radius 1 is 1.05 bits per heavy atom. The maximum Gasteiger partial charge on any atom is 0.0820 e. The van der Waals surface area contributed by atoms with Crippen molar-refractivity contribution < 1.29 is 5.11 Å². The first-order chi connectivity index (χ1) is 9.65. The lowest BCUT2D eigenvalue weighted by molar-refractivity contribution is 0.163. The smallest absolute Gasteiger partial charge is 0.0820 e. The van der Waals surface area contributed by atoms with E-state index in [9.17, 15) is 5.11 Å². The van der Waals surface area contributed by atoms with Crippen molar-refractivity contribution in [1.82, 2.24) is 9.78 Å². The fourth-order valence-corrected chi connectivity index (χ4v) is 2.45. The Hall–Kier alpha value is -0.830. The van der Waals surface area contributed by atoms with Crippen LogP contribution < -0.4 is 0 Å². The lowest BCUT2D eigenvalue weighted by Crippen LogP contribution is -2.00. The Balaban J connectivity index is 2.09. The van der Waals surface area contributed by atoms with Crippen molar-refractivity contribution in [3.8, 4) is 0 Å². The molecule has 1 N–H and O–H groups in total. The molecule has 116 valence electrons. The van der Waals surface area contributed by atoms with Crippen molar-refractivity contribution in [3.05, 3.63) is 18.0 Å². The largest absolute Gasteiger partial charge is 0.388 e. The Bertz CT molecular complexity index is 347. The van der Waals surface area contributed by atoms with Gasteiger partial charge in [-0.05, 0) is 20.3 Å². The molecule has 1 rings (SSSR count). The van der Waals surface area contributed by atoms with Crippen LogP contribution in [0.3, 0.4) is 0 Å². The molecule has 0 spiro atoms. The summed E-state index contributed by atoms with van der Waals surface area (Å²) in [5.74, 6) is 0. The summed E-state index contributed by atoms with van der Waals surface area (Å²) in [6.07, 6.45) is 14.7. The van der Waals surface area contributed by atoms with Gasteiger partial charge in [-0.25, -0.2) is 0 Å². The van der Waals surface area contributed by atoms with Gasteiger partial charge in [-0.15, -0.1) is 0 Å². The standard InChI is InChI=1S/C17H32N2O/c1-4-5-6-7-8-9-10-11-12-17(20)16-13-18-19(14-16)15(2)3/h13-15,17,20H,4-12H2,1-3H3. The summed E-state index contributed by atoms with van der Waals surface area (Å²) in [6.45, 7) is 6.45. The summed E-state index contributed by atoms with van der Waals surface area (Å²) in [5.41, 5.74) is 0.960. The summed E-state index contributed by atoms with van der Waals surface area (Å²) < 4.78 is 1.91. The van der Waals surface area contributed by atoms with E-state index in [0.717, 1.165) is 18.4 Å². The summed E-state index contributed by atoms with van der Waals surface area (Å²) >= 11 is 0. The van der Waals surface area contributed by atoms with Gasteiger partial charge in [-0.1, -0.05) is 58.3 Å². The molecule has 0 saturated heterocycles. The highest BCUT2D eigenvalue weighted by Gasteiger charge is 2.10. The maximum atomic E-state index is 10.1. The zero-order valence-electron chi connectivity index (χ0n) is 13.5. The average Bonchev–Trinajstić information content (AvgIpc) is 2.91. The minimum absolute atomic E-state index is 0.345. The van der Waals surface area contributed by atoms with Crippen molar-refractivity contribution >= 4 is 0 Å². The molecule has 3 nitrogen and oxygen atoms in total. The number of unbranched alkanes of at least 4 members (excludes halogenated alkanes) is 7. The molecule has 0 aliphatic heterocycles. The van der Waals surface area contributed by atoms with Crippen LogP contribution in [-0.2, 0) is 0 Å². The number of rotatable bonds is 11. The van der Waals surface area contributed by atoms with Gasteiger partial charge < -0.3 is 5.11 Å². The van der Waals surface area contributed by atoms with Gasteiger partial charge in [0.2, 0.25) is 0 Å². The third kappa shape index (κ3) is 6.56. The quantitative estimate of drug-likeness (QED) is 0.577. The van der Waals surface area contributed by atoms with Crippen molar-refractivity contribution in [3.63, 3.8) is 0 Å². The summed E-state index contributed by atoms with van der Waals surface area (Å²) in [7, 11) is 0. The fourth-order valence-electron chi connectivity index (χ4n) is 2.45. The Kier molecular flexibility index (Phi) is 8.59. The highest BCUT2D eigenvalue weighted by molar-refractivity contribution is 5.08. The Morgan fingerprint density at radius 2 is 1.65 bits per heavy atom.